The molecule has 4 heterocycles. The van der Waals surface area contributed by atoms with Crippen LogP contribution >= 0.6 is 39.0 Å². The summed E-state index contributed by atoms with van der Waals surface area (Å²) in [6.45, 7) is 3.75. The number of thioether (sulfide) groups is 1. The molecule has 218 valence electrons. The third-order valence-electron chi connectivity index (χ3n) is 7.75. The van der Waals surface area contributed by atoms with E-state index in [2.05, 4.69) is 55.4 Å². The van der Waals surface area contributed by atoms with Crippen molar-refractivity contribution in [2.75, 3.05) is 4.90 Å². The topological polar surface area (TPSA) is 101 Å². The number of rotatable bonds is 6. The summed E-state index contributed by atoms with van der Waals surface area (Å²) in [5, 5.41) is 23.0. The number of imidazole rings is 1. The molecule has 44 heavy (non-hydrogen) atoms. The van der Waals surface area contributed by atoms with Gasteiger partial charge in [-0.25, -0.2) is 4.98 Å². The van der Waals surface area contributed by atoms with E-state index in [0.717, 1.165) is 21.0 Å². The van der Waals surface area contributed by atoms with Crippen LogP contribution < -0.4 is 4.90 Å². The molecule has 1 fully saturated rings. The molecule has 0 saturated carbocycles. The zero-order chi connectivity index (χ0) is 30.5. The molecule has 7 rings (SSSR count). The van der Waals surface area contributed by atoms with E-state index in [1.165, 1.54) is 33.4 Å². The van der Waals surface area contributed by atoms with Gasteiger partial charge in [-0.15, -0.1) is 10.2 Å². The van der Waals surface area contributed by atoms with Gasteiger partial charge in [0.25, 0.3) is 5.78 Å². The quantitative estimate of drug-likeness (QED) is 0.0634. The van der Waals surface area contributed by atoms with Gasteiger partial charge in [0.2, 0.25) is 5.13 Å². The van der Waals surface area contributed by atoms with Gasteiger partial charge in [0.1, 0.15) is 11.3 Å². The Kier molecular flexibility index (Phi) is 7.31. The maximum absolute atomic E-state index is 13.7. The highest BCUT2D eigenvalue weighted by molar-refractivity contribution is 9.10. The molecule has 1 amide bonds. The fourth-order valence-corrected chi connectivity index (χ4v) is 7.90. The normalized spacial score (nSPS) is 16.4. The van der Waals surface area contributed by atoms with Crippen molar-refractivity contribution in [3.63, 3.8) is 0 Å². The molecule has 8 nitrogen and oxygen atoms in total. The van der Waals surface area contributed by atoms with Crippen molar-refractivity contribution in [3.05, 3.63) is 123 Å². The number of hydrogen-bond donors (Lipinski definition) is 1. The van der Waals surface area contributed by atoms with Crippen LogP contribution in [0.2, 0.25) is 0 Å². The zero-order valence-electron chi connectivity index (χ0n) is 23.6. The van der Waals surface area contributed by atoms with Crippen LogP contribution in [-0.4, -0.2) is 36.4 Å². The molecule has 1 N–H and O–H groups in total. The summed E-state index contributed by atoms with van der Waals surface area (Å²) < 4.78 is 3.29. The Morgan fingerprint density at radius 2 is 1.80 bits per heavy atom. The summed E-state index contributed by atoms with van der Waals surface area (Å²) in [7, 11) is 0. The van der Waals surface area contributed by atoms with Crippen LogP contribution in [0.15, 0.2) is 99.4 Å². The molecule has 11 heteroatoms. The second-order valence-electron chi connectivity index (χ2n) is 10.4. The van der Waals surface area contributed by atoms with Gasteiger partial charge in [-0.05, 0) is 59.5 Å². The Labute approximate surface area is 269 Å². The summed E-state index contributed by atoms with van der Waals surface area (Å²) >= 11 is 6.27. The molecule has 0 bridgehead atoms. The number of anilines is 1. The van der Waals surface area contributed by atoms with Crippen LogP contribution in [0.1, 0.15) is 34.1 Å². The average Bonchev–Trinajstić information content (AvgIpc) is 3.71. The zero-order valence-corrected chi connectivity index (χ0v) is 26.8. The largest absolute Gasteiger partial charge is 0.505 e. The van der Waals surface area contributed by atoms with E-state index in [1.54, 1.807) is 0 Å². The van der Waals surface area contributed by atoms with Gasteiger partial charge < -0.3 is 9.51 Å². The lowest BCUT2D eigenvalue weighted by molar-refractivity contribution is -0.132. The highest BCUT2D eigenvalue weighted by atomic mass is 79.9. The number of aryl methyl sites for hydroxylation is 2. The monoisotopic (exact) mass is 681 g/mol. The third kappa shape index (κ3) is 4.81. The number of aliphatic hydroxyl groups excluding tert-OH is 1. The first-order chi connectivity index (χ1) is 21.3. The lowest BCUT2D eigenvalue weighted by Gasteiger charge is -2.22. The standard InChI is InChI=1S/C33H24BrN5O3S2/c1-18-8-7-15-38-19(2)26(35-30(18)38)28(40)25-27(21-11-6-13-23(34)16-21)39(31(42)29(25)41)32-36-37-33(44-32)43-17-22-12-5-10-20-9-3-4-14-24(20)22/h3-16,27,40H,17H2,1-2H3/b28-25+. The van der Waals surface area contributed by atoms with Crippen molar-refractivity contribution >= 4 is 78.0 Å². The Morgan fingerprint density at radius 1 is 1.00 bits per heavy atom. The number of benzene rings is 3. The minimum Gasteiger partial charge on any atom is -0.505 e. The van der Waals surface area contributed by atoms with Crippen molar-refractivity contribution in [3.8, 4) is 0 Å². The smallest absolute Gasteiger partial charge is 0.301 e. The molecule has 3 aromatic heterocycles. The van der Waals surface area contributed by atoms with Crippen LogP contribution in [0, 0.1) is 13.8 Å². The first kappa shape index (κ1) is 28.5. The molecule has 1 unspecified atom stereocenters. The number of halogens is 1. The van der Waals surface area contributed by atoms with E-state index in [9.17, 15) is 14.7 Å². The van der Waals surface area contributed by atoms with E-state index in [0.29, 0.717) is 27.0 Å². The number of amides is 1. The number of ketones is 1. The Hall–Kier alpha value is -4.32. The molecule has 0 aliphatic carbocycles. The third-order valence-corrected chi connectivity index (χ3v) is 10.3. The number of nitrogens with zero attached hydrogens (tertiary/aromatic N) is 5. The van der Waals surface area contributed by atoms with E-state index >= 15 is 0 Å². The Bertz CT molecular complexity index is 2150. The predicted molar refractivity (Wildman–Crippen MR) is 177 cm³/mol. The van der Waals surface area contributed by atoms with Gasteiger partial charge in [0, 0.05) is 16.4 Å². The fourth-order valence-electron chi connectivity index (χ4n) is 5.61. The van der Waals surface area contributed by atoms with Gasteiger partial charge in [0.05, 0.1) is 17.3 Å². The second-order valence-corrected chi connectivity index (χ2v) is 13.5. The number of carbonyl (C=O) groups is 2. The van der Waals surface area contributed by atoms with Crippen molar-refractivity contribution in [1.29, 1.82) is 0 Å². The van der Waals surface area contributed by atoms with Crippen LogP contribution in [0.4, 0.5) is 5.13 Å². The van der Waals surface area contributed by atoms with Crippen molar-refractivity contribution < 1.29 is 14.7 Å². The summed E-state index contributed by atoms with van der Waals surface area (Å²) in [5.41, 5.74) is 4.25. The van der Waals surface area contributed by atoms with E-state index in [1.807, 2.05) is 79.0 Å². The van der Waals surface area contributed by atoms with Crippen molar-refractivity contribution in [2.24, 2.45) is 0 Å². The lowest BCUT2D eigenvalue weighted by Crippen LogP contribution is -2.29. The number of aliphatic hydroxyl groups is 1. The van der Waals surface area contributed by atoms with Crippen LogP contribution in [-0.2, 0) is 15.3 Å². The van der Waals surface area contributed by atoms with E-state index in [4.69, 9.17) is 0 Å². The van der Waals surface area contributed by atoms with Gasteiger partial charge in [-0.2, -0.15) is 0 Å². The summed E-state index contributed by atoms with van der Waals surface area (Å²) in [4.78, 5) is 33.4. The second kappa shape index (κ2) is 11.3. The van der Waals surface area contributed by atoms with Gasteiger partial charge in [0.15, 0.2) is 10.1 Å². The Morgan fingerprint density at radius 3 is 2.61 bits per heavy atom. The van der Waals surface area contributed by atoms with E-state index < -0.39 is 17.7 Å². The highest BCUT2D eigenvalue weighted by Gasteiger charge is 2.49. The highest BCUT2D eigenvalue weighted by Crippen LogP contribution is 2.45. The number of aromatic nitrogens is 4. The van der Waals surface area contributed by atoms with Crippen LogP contribution in [0.5, 0.6) is 0 Å². The number of hydrogen-bond acceptors (Lipinski definition) is 8. The molecule has 1 saturated heterocycles. The van der Waals surface area contributed by atoms with Gasteiger partial charge in [-0.3, -0.25) is 14.5 Å². The maximum atomic E-state index is 13.7. The molecule has 3 aromatic carbocycles. The minimum atomic E-state index is -0.929. The molecular weight excluding hydrogens is 658 g/mol. The van der Waals surface area contributed by atoms with Gasteiger partial charge >= 0.3 is 5.91 Å². The van der Waals surface area contributed by atoms with Crippen LogP contribution in [0.3, 0.4) is 0 Å². The number of Topliss-reactive ketones (excluding diaryl/α,β-unsaturated/α-hetero) is 1. The first-order valence-electron chi connectivity index (χ1n) is 13.8. The Balaban J connectivity index is 1.29. The first-order valence-corrected chi connectivity index (χ1v) is 16.4. The van der Waals surface area contributed by atoms with E-state index in [-0.39, 0.29) is 22.2 Å². The fraction of sp³-hybridized carbons (Fsp3) is 0.121. The molecule has 1 aliphatic rings. The predicted octanol–water partition coefficient (Wildman–Crippen LogP) is 7.64. The number of fused-ring (bicyclic) bond motifs is 2. The van der Waals surface area contributed by atoms with Crippen molar-refractivity contribution in [1.82, 2.24) is 19.6 Å². The molecule has 1 aliphatic heterocycles. The molecule has 0 radical (unpaired) electrons. The number of carbonyl (C=O) groups excluding carboxylic acids is 2. The maximum Gasteiger partial charge on any atom is 0.301 e. The SMILES string of the molecule is Cc1cccn2c(C)c(/C(O)=C3\C(=O)C(=O)N(c4nnc(SCc5cccc6ccccc56)s4)C3c3cccc(Br)c3)nc12. The molecule has 0 spiro atoms. The lowest BCUT2D eigenvalue weighted by atomic mass is 9.96. The van der Waals surface area contributed by atoms with Crippen LogP contribution in [0.25, 0.3) is 22.2 Å². The summed E-state index contributed by atoms with van der Waals surface area (Å²) in [5.74, 6) is -1.25. The van der Waals surface area contributed by atoms with Crippen molar-refractivity contribution in [2.45, 2.75) is 30.0 Å². The summed E-state index contributed by atoms with van der Waals surface area (Å²) in [6.07, 6.45) is 1.85. The average molecular weight is 683 g/mol. The minimum absolute atomic E-state index is 0.0441. The summed E-state index contributed by atoms with van der Waals surface area (Å²) in [6, 6.07) is 24.7. The molecule has 6 aromatic rings. The van der Waals surface area contributed by atoms with Gasteiger partial charge in [-0.1, -0.05) is 99.7 Å². The molecular formula is C33H24BrN5O3S2. The number of pyridine rings is 1. The molecule has 1 atom stereocenters.